The number of amides is 2. The van der Waals surface area contributed by atoms with Crippen LogP contribution in [0.3, 0.4) is 0 Å². The number of rotatable bonds is 2. The minimum absolute atomic E-state index is 0.183. The fraction of sp³-hybridized carbons (Fsp3) is 0.444. The highest BCUT2D eigenvalue weighted by molar-refractivity contribution is 6.15. The molecule has 0 saturated heterocycles. The molecular weight excluding hydrogens is 168 g/mol. The highest BCUT2D eigenvalue weighted by Crippen LogP contribution is 2.13. The van der Waals surface area contributed by atoms with Crippen molar-refractivity contribution in [3.05, 3.63) is 11.6 Å². The van der Waals surface area contributed by atoms with Crippen LogP contribution in [0, 0.1) is 17.2 Å². The monoisotopic (exact) mass is 178 g/mol. The lowest BCUT2D eigenvalue weighted by atomic mass is 10.2. The molecule has 4 heteroatoms. The van der Waals surface area contributed by atoms with Gasteiger partial charge < -0.3 is 0 Å². The van der Waals surface area contributed by atoms with E-state index < -0.39 is 0 Å². The second kappa shape index (κ2) is 3.40. The van der Waals surface area contributed by atoms with Crippen LogP contribution in [-0.2, 0) is 9.59 Å². The van der Waals surface area contributed by atoms with Gasteiger partial charge in [0.25, 0.3) is 11.8 Å². The lowest BCUT2D eigenvalue weighted by Gasteiger charge is -2.14. The minimum atomic E-state index is -0.315. The van der Waals surface area contributed by atoms with E-state index >= 15 is 0 Å². The molecule has 1 aliphatic rings. The van der Waals surface area contributed by atoms with E-state index in [0.717, 1.165) is 4.90 Å². The average Bonchev–Trinajstić information content (AvgIpc) is 2.32. The molecule has 0 spiro atoms. The molecule has 0 fully saturated rings. The van der Waals surface area contributed by atoms with Gasteiger partial charge in [0.2, 0.25) is 0 Å². The molecule has 0 aliphatic carbocycles. The standard InChI is InChI=1S/C9H10N2O2/c1-6(4-10)5-11-8(12)3-7(2)9(11)13/h3,6H,5H2,1-2H3. The highest BCUT2D eigenvalue weighted by atomic mass is 16.2. The molecule has 1 unspecified atom stereocenters. The summed E-state index contributed by atoms with van der Waals surface area (Å²) < 4.78 is 0. The van der Waals surface area contributed by atoms with Gasteiger partial charge in [-0.2, -0.15) is 5.26 Å². The van der Waals surface area contributed by atoms with Gasteiger partial charge in [-0.3, -0.25) is 14.5 Å². The van der Waals surface area contributed by atoms with Crippen molar-refractivity contribution in [2.45, 2.75) is 13.8 Å². The van der Waals surface area contributed by atoms with Crippen molar-refractivity contribution in [1.82, 2.24) is 4.90 Å². The molecule has 1 rings (SSSR count). The van der Waals surface area contributed by atoms with Gasteiger partial charge in [-0.15, -0.1) is 0 Å². The van der Waals surface area contributed by atoms with Crippen molar-refractivity contribution < 1.29 is 9.59 Å². The van der Waals surface area contributed by atoms with E-state index in [0.29, 0.717) is 5.57 Å². The van der Waals surface area contributed by atoms with Gasteiger partial charge in [0.15, 0.2) is 0 Å². The second-order valence-electron chi connectivity index (χ2n) is 3.11. The molecule has 0 aromatic rings. The smallest absolute Gasteiger partial charge is 0.256 e. The Morgan fingerprint density at radius 1 is 1.62 bits per heavy atom. The maximum Gasteiger partial charge on any atom is 0.256 e. The Bertz CT molecular complexity index is 325. The van der Waals surface area contributed by atoms with Crippen molar-refractivity contribution in [3.63, 3.8) is 0 Å². The van der Waals surface area contributed by atoms with Crippen LogP contribution in [-0.4, -0.2) is 23.3 Å². The molecule has 0 radical (unpaired) electrons. The topological polar surface area (TPSA) is 61.2 Å². The van der Waals surface area contributed by atoms with Gasteiger partial charge in [-0.25, -0.2) is 0 Å². The highest BCUT2D eigenvalue weighted by Gasteiger charge is 2.29. The maximum absolute atomic E-state index is 11.3. The zero-order valence-electron chi connectivity index (χ0n) is 7.57. The number of carbonyl (C=O) groups excluding carboxylic acids is 2. The Kier molecular flexibility index (Phi) is 2.47. The second-order valence-corrected chi connectivity index (χ2v) is 3.11. The number of nitrogens with zero attached hydrogens (tertiary/aromatic N) is 2. The third-order valence-corrected chi connectivity index (χ3v) is 1.87. The van der Waals surface area contributed by atoms with Crippen molar-refractivity contribution >= 4 is 11.8 Å². The van der Waals surface area contributed by atoms with Gasteiger partial charge in [-0.1, -0.05) is 0 Å². The first-order valence-electron chi connectivity index (χ1n) is 4.00. The molecular formula is C9H10N2O2. The van der Waals surface area contributed by atoms with Crippen LogP contribution in [0.1, 0.15) is 13.8 Å². The summed E-state index contributed by atoms with van der Waals surface area (Å²) in [5.41, 5.74) is 0.440. The zero-order chi connectivity index (χ0) is 10.0. The fourth-order valence-corrected chi connectivity index (χ4v) is 1.13. The first-order chi connectivity index (χ1) is 6.06. The lowest BCUT2D eigenvalue weighted by Crippen LogP contribution is -2.34. The Labute approximate surface area is 76.4 Å². The van der Waals surface area contributed by atoms with E-state index in [2.05, 4.69) is 0 Å². The molecule has 0 N–H and O–H groups in total. The predicted molar refractivity (Wildman–Crippen MR) is 45.3 cm³/mol. The van der Waals surface area contributed by atoms with Gasteiger partial charge in [0.1, 0.15) is 0 Å². The molecule has 0 bridgehead atoms. The third-order valence-electron chi connectivity index (χ3n) is 1.87. The maximum atomic E-state index is 11.3. The molecule has 4 nitrogen and oxygen atoms in total. The van der Waals surface area contributed by atoms with E-state index in [-0.39, 0.29) is 24.3 Å². The van der Waals surface area contributed by atoms with E-state index in [1.54, 1.807) is 13.8 Å². The fourth-order valence-electron chi connectivity index (χ4n) is 1.13. The summed E-state index contributed by atoms with van der Waals surface area (Å²) >= 11 is 0. The number of hydrogen-bond acceptors (Lipinski definition) is 3. The van der Waals surface area contributed by atoms with E-state index in [1.165, 1.54) is 6.08 Å². The van der Waals surface area contributed by atoms with Crippen LogP contribution in [0.25, 0.3) is 0 Å². The summed E-state index contributed by atoms with van der Waals surface area (Å²) in [6, 6.07) is 1.98. The van der Waals surface area contributed by atoms with Crippen LogP contribution in [0.5, 0.6) is 0 Å². The van der Waals surface area contributed by atoms with Crippen LogP contribution >= 0.6 is 0 Å². The Morgan fingerprint density at radius 2 is 2.23 bits per heavy atom. The normalized spacial score (nSPS) is 18.5. The molecule has 13 heavy (non-hydrogen) atoms. The molecule has 1 aliphatic heterocycles. The predicted octanol–water partition coefficient (Wildman–Crippen LogP) is 0.461. The van der Waals surface area contributed by atoms with Crippen molar-refractivity contribution in [1.29, 1.82) is 5.26 Å². The minimum Gasteiger partial charge on any atom is -0.274 e. The van der Waals surface area contributed by atoms with Crippen molar-refractivity contribution in [2.24, 2.45) is 5.92 Å². The van der Waals surface area contributed by atoms with Gasteiger partial charge in [0, 0.05) is 18.2 Å². The summed E-state index contributed by atoms with van der Waals surface area (Å²) in [6.45, 7) is 3.45. The van der Waals surface area contributed by atoms with Crippen LogP contribution < -0.4 is 0 Å². The molecule has 0 saturated carbocycles. The van der Waals surface area contributed by atoms with Gasteiger partial charge in [0.05, 0.1) is 12.0 Å². The van der Waals surface area contributed by atoms with Gasteiger partial charge in [-0.05, 0) is 13.8 Å². The summed E-state index contributed by atoms with van der Waals surface area (Å²) in [6.07, 6.45) is 1.30. The first kappa shape index (κ1) is 9.46. The van der Waals surface area contributed by atoms with Crippen LogP contribution in [0.15, 0.2) is 11.6 Å². The van der Waals surface area contributed by atoms with E-state index in [1.807, 2.05) is 6.07 Å². The van der Waals surface area contributed by atoms with Crippen LogP contribution in [0.2, 0.25) is 0 Å². The SMILES string of the molecule is CC1=CC(=O)N(CC(C)C#N)C1=O. The number of imide groups is 1. The molecule has 0 aromatic heterocycles. The third kappa shape index (κ3) is 1.75. The van der Waals surface area contributed by atoms with Crippen molar-refractivity contribution in [3.8, 4) is 6.07 Å². The number of nitriles is 1. The Hall–Kier alpha value is -1.63. The molecule has 68 valence electrons. The molecule has 1 atom stereocenters. The van der Waals surface area contributed by atoms with Gasteiger partial charge >= 0.3 is 0 Å². The summed E-state index contributed by atoms with van der Waals surface area (Å²) in [5.74, 6) is -0.913. The number of hydrogen-bond donors (Lipinski definition) is 0. The molecule has 0 aromatic carbocycles. The quantitative estimate of drug-likeness (QED) is 0.577. The average molecular weight is 178 g/mol. The molecule has 2 amide bonds. The Balaban J connectivity index is 2.71. The summed E-state index contributed by atoms with van der Waals surface area (Å²) in [5, 5.41) is 8.52. The largest absolute Gasteiger partial charge is 0.274 e. The zero-order valence-corrected chi connectivity index (χ0v) is 7.57. The summed E-state index contributed by atoms with van der Waals surface area (Å²) in [4.78, 5) is 23.6. The summed E-state index contributed by atoms with van der Waals surface area (Å²) in [7, 11) is 0. The number of carbonyl (C=O) groups is 2. The first-order valence-corrected chi connectivity index (χ1v) is 4.00. The molecule has 1 heterocycles. The van der Waals surface area contributed by atoms with Crippen molar-refractivity contribution in [2.75, 3.05) is 6.54 Å². The lowest BCUT2D eigenvalue weighted by molar-refractivity contribution is -0.137. The van der Waals surface area contributed by atoms with E-state index in [4.69, 9.17) is 5.26 Å². The van der Waals surface area contributed by atoms with E-state index in [9.17, 15) is 9.59 Å². The Morgan fingerprint density at radius 3 is 2.62 bits per heavy atom. The van der Waals surface area contributed by atoms with Crippen LogP contribution in [0.4, 0.5) is 0 Å².